The van der Waals surface area contributed by atoms with E-state index in [0.717, 1.165) is 51.6 Å². The van der Waals surface area contributed by atoms with Crippen molar-refractivity contribution in [1.82, 2.24) is 10.2 Å². The molecule has 1 unspecified atom stereocenters. The first-order valence-corrected chi connectivity index (χ1v) is 8.32. The molecule has 2 aliphatic rings. The highest BCUT2D eigenvalue weighted by molar-refractivity contribution is 5.80. The van der Waals surface area contributed by atoms with Crippen LogP contribution in [0.3, 0.4) is 0 Å². The summed E-state index contributed by atoms with van der Waals surface area (Å²) in [6.07, 6.45) is 9.26. The first-order chi connectivity index (χ1) is 9.70. The van der Waals surface area contributed by atoms with Crippen LogP contribution in [0.1, 0.15) is 58.3 Å². The predicted octanol–water partition coefficient (Wildman–Crippen LogP) is 2.32. The molecule has 2 fully saturated rings. The van der Waals surface area contributed by atoms with E-state index in [1.165, 1.54) is 12.8 Å². The number of nitrogens with one attached hydrogen (secondary N) is 1. The van der Waals surface area contributed by atoms with Crippen LogP contribution in [0, 0.1) is 0 Å². The van der Waals surface area contributed by atoms with Gasteiger partial charge in [-0.25, -0.2) is 0 Å². The number of amides is 1. The number of ether oxygens (including phenoxy) is 1. The average molecular weight is 282 g/mol. The summed E-state index contributed by atoms with van der Waals surface area (Å²) in [5.41, 5.74) is 0. The van der Waals surface area contributed by atoms with E-state index < -0.39 is 0 Å². The SMILES string of the molecule is CNC1CCC(OC(C)C(=O)N2CCCCCC2)CC1. The van der Waals surface area contributed by atoms with Gasteiger partial charge in [-0.2, -0.15) is 0 Å². The summed E-state index contributed by atoms with van der Waals surface area (Å²) in [6, 6.07) is 0.631. The van der Waals surface area contributed by atoms with Gasteiger partial charge in [-0.15, -0.1) is 0 Å². The molecule has 0 spiro atoms. The lowest BCUT2D eigenvalue weighted by atomic mass is 9.93. The lowest BCUT2D eigenvalue weighted by Gasteiger charge is -2.31. The van der Waals surface area contributed by atoms with Crippen molar-refractivity contribution < 1.29 is 9.53 Å². The number of carbonyl (C=O) groups is 1. The van der Waals surface area contributed by atoms with E-state index in [-0.39, 0.29) is 18.1 Å². The Morgan fingerprint density at radius 3 is 2.25 bits per heavy atom. The molecule has 0 aromatic heterocycles. The van der Waals surface area contributed by atoms with Gasteiger partial charge in [-0.05, 0) is 52.5 Å². The monoisotopic (exact) mass is 282 g/mol. The summed E-state index contributed by atoms with van der Waals surface area (Å²) in [7, 11) is 2.03. The second-order valence-electron chi connectivity index (χ2n) is 6.28. The zero-order valence-corrected chi connectivity index (χ0v) is 13.1. The number of nitrogens with zero attached hydrogens (tertiary/aromatic N) is 1. The second kappa shape index (κ2) is 7.99. The number of hydrogen-bond acceptors (Lipinski definition) is 3. The molecular formula is C16H30N2O2. The molecule has 1 saturated carbocycles. The van der Waals surface area contributed by atoms with Crippen LogP contribution in [0.25, 0.3) is 0 Å². The van der Waals surface area contributed by atoms with Crippen LogP contribution < -0.4 is 5.32 Å². The topological polar surface area (TPSA) is 41.6 Å². The maximum Gasteiger partial charge on any atom is 0.251 e. The molecule has 0 radical (unpaired) electrons. The molecule has 4 nitrogen and oxygen atoms in total. The molecule has 0 aromatic carbocycles. The van der Waals surface area contributed by atoms with E-state index in [1.807, 2.05) is 18.9 Å². The Balaban J connectivity index is 1.76. The zero-order valence-electron chi connectivity index (χ0n) is 13.1. The van der Waals surface area contributed by atoms with Gasteiger partial charge in [0.2, 0.25) is 0 Å². The van der Waals surface area contributed by atoms with Gasteiger partial charge in [-0.3, -0.25) is 4.79 Å². The Hall–Kier alpha value is -0.610. The van der Waals surface area contributed by atoms with Crippen molar-refractivity contribution in [1.29, 1.82) is 0 Å². The molecule has 116 valence electrons. The molecule has 1 aliphatic carbocycles. The Labute approximate surface area is 123 Å². The molecule has 1 atom stereocenters. The molecule has 2 rings (SSSR count). The van der Waals surface area contributed by atoms with Gasteiger partial charge in [0, 0.05) is 19.1 Å². The van der Waals surface area contributed by atoms with Crippen LogP contribution in [0.2, 0.25) is 0 Å². The minimum atomic E-state index is -0.274. The Morgan fingerprint density at radius 2 is 1.70 bits per heavy atom. The fraction of sp³-hybridized carbons (Fsp3) is 0.938. The maximum absolute atomic E-state index is 12.4. The molecule has 1 saturated heterocycles. The van der Waals surface area contributed by atoms with Crippen LogP contribution in [-0.2, 0) is 9.53 Å². The lowest BCUT2D eigenvalue weighted by molar-refractivity contribution is -0.147. The summed E-state index contributed by atoms with van der Waals surface area (Å²) < 4.78 is 6.02. The van der Waals surface area contributed by atoms with Crippen molar-refractivity contribution >= 4 is 5.91 Å². The average Bonchev–Trinajstić information content (AvgIpc) is 2.76. The standard InChI is InChI=1S/C16H30N2O2/c1-13(16(19)18-11-5-3-4-6-12-18)20-15-9-7-14(17-2)8-10-15/h13-15,17H,3-12H2,1-2H3. The molecular weight excluding hydrogens is 252 g/mol. The smallest absolute Gasteiger partial charge is 0.251 e. The van der Waals surface area contributed by atoms with E-state index >= 15 is 0 Å². The highest BCUT2D eigenvalue weighted by Gasteiger charge is 2.27. The third-order valence-corrected chi connectivity index (χ3v) is 4.74. The first-order valence-electron chi connectivity index (χ1n) is 8.32. The third kappa shape index (κ3) is 4.45. The van der Waals surface area contributed by atoms with Gasteiger partial charge in [-0.1, -0.05) is 12.8 Å². The molecule has 0 bridgehead atoms. The molecule has 1 aliphatic heterocycles. The summed E-state index contributed by atoms with van der Waals surface area (Å²) in [5.74, 6) is 0.197. The molecule has 20 heavy (non-hydrogen) atoms. The van der Waals surface area contributed by atoms with E-state index in [2.05, 4.69) is 5.32 Å². The zero-order chi connectivity index (χ0) is 14.4. The highest BCUT2D eigenvalue weighted by Crippen LogP contribution is 2.23. The van der Waals surface area contributed by atoms with Crippen LogP contribution >= 0.6 is 0 Å². The number of hydrogen-bond donors (Lipinski definition) is 1. The van der Waals surface area contributed by atoms with Crippen molar-refractivity contribution in [3.8, 4) is 0 Å². The minimum Gasteiger partial charge on any atom is -0.365 e. The fourth-order valence-electron chi connectivity index (χ4n) is 3.38. The van der Waals surface area contributed by atoms with E-state index in [9.17, 15) is 4.79 Å². The third-order valence-electron chi connectivity index (χ3n) is 4.74. The number of rotatable bonds is 4. The molecule has 1 N–H and O–H groups in total. The number of likely N-dealkylation sites (tertiary alicyclic amines) is 1. The summed E-state index contributed by atoms with van der Waals surface area (Å²) in [4.78, 5) is 14.4. The van der Waals surface area contributed by atoms with Crippen LogP contribution in [-0.4, -0.2) is 49.2 Å². The predicted molar refractivity (Wildman–Crippen MR) is 80.7 cm³/mol. The molecule has 1 heterocycles. The Morgan fingerprint density at radius 1 is 1.10 bits per heavy atom. The molecule has 0 aromatic rings. The largest absolute Gasteiger partial charge is 0.365 e. The summed E-state index contributed by atoms with van der Waals surface area (Å²) in [6.45, 7) is 3.76. The Kier molecular flexibility index (Phi) is 6.30. The van der Waals surface area contributed by atoms with Gasteiger partial charge in [0.05, 0.1) is 6.10 Å². The van der Waals surface area contributed by atoms with Crippen molar-refractivity contribution in [2.24, 2.45) is 0 Å². The normalized spacial score (nSPS) is 29.8. The first kappa shape index (κ1) is 15.8. The van der Waals surface area contributed by atoms with Crippen molar-refractivity contribution in [2.45, 2.75) is 76.5 Å². The van der Waals surface area contributed by atoms with Gasteiger partial charge in [0.15, 0.2) is 0 Å². The summed E-state index contributed by atoms with van der Waals surface area (Å²) in [5, 5.41) is 3.33. The van der Waals surface area contributed by atoms with Gasteiger partial charge >= 0.3 is 0 Å². The van der Waals surface area contributed by atoms with Gasteiger partial charge in [0.25, 0.3) is 5.91 Å². The quantitative estimate of drug-likeness (QED) is 0.860. The van der Waals surface area contributed by atoms with Crippen molar-refractivity contribution in [3.05, 3.63) is 0 Å². The van der Waals surface area contributed by atoms with E-state index in [4.69, 9.17) is 4.74 Å². The van der Waals surface area contributed by atoms with Crippen LogP contribution in [0.5, 0.6) is 0 Å². The Bertz CT molecular complexity index is 293. The van der Waals surface area contributed by atoms with Crippen LogP contribution in [0.15, 0.2) is 0 Å². The van der Waals surface area contributed by atoms with E-state index in [0.29, 0.717) is 6.04 Å². The van der Waals surface area contributed by atoms with Gasteiger partial charge in [0.1, 0.15) is 6.10 Å². The maximum atomic E-state index is 12.4. The second-order valence-corrected chi connectivity index (χ2v) is 6.28. The fourth-order valence-corrected chi connectivity index (χ4v) is 3.38. The molecule has 1 amide bonds. The minimum absolute atomic E-state index is 0.197. The number of carbonyl (C=O) groups excluding carboxylic acids is 1. The summed E-state index contributed by atoms with van der Waals surface area (Å²) >= 11 is 0. The van der Waals surface area contributed by atoms with E-state index in [1.54, 1.807) is 0 Å². The highest BCUT2D eigenvalue weighted by atomic mass is 16.5. The van der Waals surface area contributed by atoms with Crippen molar-refractivity contribution in [2.75, 3.05) is 20.1 Å². The van der Waals surface area contributed by atoms with Crippen LogP contribution in [0.4, 0.5) is 0 Å². The van der Waals surface area contributed by atoms with Gasteiger partial charge < -0.3 is 15.0 Å². The molecule has 4 heteroatoms. The lowest BCUT2D eigenvalue weighted by Crippen LogP contribution is -2.42. The van der Waals surface area contributed by atoms with Crippen molar-refractivity contribution in [3.63, 3.8) is 0 Å².